The fraction of sp³-hybridized carbons (Fsp3) is 0. The monoisotopic (exact) mass is 548 g/mol. The van der Waals surface area contributed by atoms with Gasteiger partial charge in [0.15, 0.2) is 0 Å². The Morgan fingerprint density at radius 2 is 0.207 bits per heavy atom. The van der Waals surface area contributed by atoms with Crippen molar-refractivity contribution in [1.82, 2.24) is 0 Å². The quantitative estimate of drug-likeness (QED) is 0.255. The Hall–Kier alpha value is 12.1. The van der Waals surface area contributed by atoms with E-state index in [1.807, 2.05) is 0 Å². The Bertz CT molecular complexity index is 89.9. The van der Waals surface area contributed by atoms with Gasteiger partial charge in [0.25, 0.3) is 0 Å². The zero-order valence-electron chi connectivity index (χ0n) is 19.6. The molecule has 0 atom stereocenters. The molecule has 0 saturated heterocycles. The van der Waals surface area contributed by atoms with E-state index in [0.717, 1.165) is 0 Å². The molecule has 0 aromatic heterocycles. The molecule has 0 rings (SSSR count). The van der Waals surface area contributed by atoms with Gasteiger partial charge in [0.2, 0.25) is 0 Å². The molecule has 0 N–H and O–H groups in total. The first-order valence-electron chi connectivity index (χ1n) is 2.83. The van der Waals surface area contributed by atoms with E-state index in [1.54, 1.807) is 0 Å². The van der Waals surface area contributed by atoms with E-state index in [9.17, 15) is 0 Å². The maximum Gasteiger partial charge on any atom is 1.00 e. The van der Waals surface area contributed by atoms with Gasteiger partial charge in [-0.3, -0.25) is 29.3 Å². The van der Waals surface area contributed by atoms with Crippen LogP contribution < -0.4 is 415 Å². The second kappa shape index (κ2) is 106. The summed E-state index contributed by atoms with van der Waals surface area (Å²) < 4.78 is 0. The molecule has 0 radical (unpaired) electrons. The molecule has 0 spiro atoms. The number of rotatable bonds is 0. The molecule has 0 aromatic carbocycles. The molecule has 0 aliphatic heterocycles. The Kier molecular flexibility index (Phi) is 414. The summed E-state index contributed by atoms with van der Waals surface area (Å²) >= 11 is 0. The molecule has 0 fully saturated rings. The first kappa shape index (κ1) is 114. The Balaban J connectivity index is -0.00000000384. The zero-order valence-corrected chi connectivity index (χ0v) is 44.4. The maximum atomic E-state index is 8.42. The van der Waals surface area contributed by atoms with E-state index < -0.39 is 29.3 Å². The fourth-order valence-corrected chi connectivity index (χ4v) is 0. The van der Waals surface area contributed by atoms with Crippen LogP contribution in [0, 0.1) is 0 Å². The third-order valence-corrected chi connectivity index (χ3v) is 0. The Labute approximate surface area is 444 Å². The summed E-state index contributed by atoms with van der Waals surface area (Å²) in [6.45, 7) is 0. The van der Waals surface area contributed by atoms with Crippen LogP contribution >= 0.6 is 12.4 Å². The fourth-order valence-electron chi connectivity index (χ4n) is 0. The van der Waals surface area contributed by atoms with Crippen molar-refractivity contribution in [1.29, 1.82) is 0 Å². The maximum absolute atomic E-state index is 8.42. The van der Waals surface area contributed by atoms with Crippen molar-refractivity contribution < 1.29 is 415 Å². The molecule has 0 aliphatic carbocycles. The van der Waals surface area contributed by atoms with E-state index in [0.29, 0.717) is 0 Å². The SMILES string of the molecule is Cl.[Na+].[Na+].[Na+].[Na+].[Na+].[Na+].[Na+].[Na+].[Na+].[Na+].[Na+].[Na+].[O-]B([O-])[O-].[O-]B([O-])[O-].[O-]B([O-])[O-].[O-]B([O-])[O-]. The normalized spacial score (nSPS) is 3.72. The molecule has 104 valence electrons. The number of halogens is 1. The van der Waals surface area contributed by atoms with Crippen LogP contribution in [0.5, 0.6) is 0 Å². The topological polar surface area (TPSA) is 277 Å². The molecule has 12 nitrogen and oxygen atoms in total. The van der Waals surface area contributed by atoms with E-state index in [4.69, 9.17) is 60.3 Å². The third kappa shape index (κ3) is 399. The van der Waals surface area contributed by atoms with Crippen molar-refractivity contribution in [2.45, 2.75) is 0 Å². The van der Waals surface area contributed by atoms with Crippen molar-refractivity contribution in [2.75, 3.05) is 0 Å². The van der Waals surface area contributed by atoms with Crippen molar-refractivity contribution in [3.63, 3.8) is 0 Å². The largest absolute Gasteiger partial charge is 1.00 e. The standard InChI is InChI=1S/4BO3.ClH.12Na/c4*2-1(3)4;;;;;;;;;;;;;/h;;;;1H;;;;;;;;;;;;/q4*-3;;12*+1. The van der Waals surface area contributed by atoms with Crippen LogP contribution in [0.15, 0.2) is 0 Å². The molecule has 0 aliphatic rings. The van der Waals surface area contributed by atoms with Gasteiger partial charge in [-0.05, 0) is 0 Å². The van der Waals surface area contributed by atoms with Gasteiger partial charge in [-0.2, -0.15) is 0 Å². The molecule has 0 unspecified atom stereocenters. The summed E-state index contributed by atoms with van der Waals surface area (Å²) in [6, 6.07) is 0. The average molecular weight is 548 g/mol. The molecular weight excluding hydrogens is 547 g/mol. The second-order valence-electron chi connectivity index (χ2n) is 1.15. The van der Waals surface area contributed by atoms with E-state index in [-0.39, 0.29) is 367 Å². The Morgan fingerprint density at radius 3 is 0.207 bits per heavy atom. The van der Waals surface area contributed by atoms with Gasteiger partial charge in [-0.1, -0.05) is 0 Å². The summed E-state index contributed by atoms with van der Waals surface area (Å²) in [7, 11) is -11.7. The zero-order chi connectivity index (χ0) is 14.3. The van der Waals surface area contributed by atoms with Gasteiger partial charge in [0.05, 0.1) is 0 Å². The molecule has 0 aromatic rings. The van der Waals surface area contributed by atoms with Crippen LogP contribution in [-0.2, 0) is 0 Å². The van der Waals surface area contributed by atoms with Crippen LogP contribution in [0.2, 0.25) is 0 Å². The van der Waals surface area contributed by atoms with Crippen molar-refractivity contribution in [3.05, 3.63) is 0 Å². The van der Waals surface area contributed by atoms with Gasteiger partial charge in [-0.15, -0.1) is 12.4 Å². The minimum Gasteiger partial charge on any atom is -0.907 e. The molecule has 0 saturated carbocycles. The van der Waals surface area contributed by atoms with Crippen LogP contribution in [0.1, 0.15) is 0 Å². The van der Waals surface area contributed by atoms with Gasteiger partial charge in [0.1, 0.15) is 0 Å². The Morgan fingerprint density at radius 1 is 0.207 bits per heavy atom. The van der Waals surface area contributed by atoms with Crippen molar-refractivity contribution in [3.8, 4) is 0 Å². The summed E-state index contributed by atoms with van der Waals surface area (Å²) in [5.41, 5.74) is 0. The summed E-state index contributed by atoms with van der Waals surface area (Å²) in [5.74, 6) is 0. The number of hydrogen-bond donors (Lipinski definition) is 0. The summed E-state index contributed by atoms with van der Waals surface area (Å²) in [6.07, 6.45) is 0. The average Bonchev–Trinajstić information content (AvgIpc) is 1.76. The van der Waals surface area contributed by atoms with Crippen LogP contribution in [0.25, 0.3) is 0 Å². The van der Waals surface area contributed by atoms with Gasteiger partial charge < -0.3 is 60.3 Å². The summed E-state index contributed by atoms with van der Waals surface area (Å²) in [4.78, 5) is 0. The minimum absolute atomic E-state index is 0. The molecule has 0 bridgehead atoms. The van der Waals surface area contributed by atoms with Gasteiger partial charge >= 0.3 is 355 Å². The van der Waals surface area contributed by atoms with Crippen LogP contribution in [-0.4, -0.2) is 29.3 Å². The molecule has 0 heterocycles. The van der Waals surface area contributed by atoms with E-state index in [1.165, 1.54) is 0 Å². The molecule has 29 heavy (non-hydrogen) atoms. The molecule has 29 heteroatoms. The van der Waals surface area contributed by atoms with Crippen molar-refractivity contribution in [2.24, 2.45) is 0 Å². The predicted octanol–water partition coefficient (Wildman–Crippen LogP) is -51.3. The first-order valence-corrected chi connectivity index (χ1v) is 2.83. The van der Waals surface area contributed by atoms with Gasteiger partial charge in [-0.25, -0.2) is 0 Å². The first-order chi connectivity index (χ1) is 6.93. The van der Waals surface area contributed by atoms with E-state index in [2.05, 4.69) is 0 Å². The van der Waals surface area contributed by atoms with Crippen LogP contribution in [0.3, 0.4) is 0 Å². The molecular formula is HB4ClNa12O12. The second-order valence-corrected chi connectivity index (χ2v) is 1.15. The smallest absolute Gasteiger partial charge is 0.907 e. The number of hydrogen-bond acceptors (Lipinski definition) is 12. The van der Waals surface area contributed by atoms with Crippen LogP contribution in [0.4, 0.5) is 0 Å². The predicted molar refractivity (Wildman–Crippen MR) is 30.3 cm³/mol. The molecule has 0 amide bonds. The summed E-state index contributed by atoms with van der Waals surface area (Å²) in [5, 5.41) is 101. The van der Waals surface area contributed by atoms with E-state index >= 15 is 0 Å². The van der Waals surface area contributed by atoms with Gasteiger partial charge in [0, 0.05) is 0 Å². The third-order valence-electron chi connectivity index (χ3n) is 0. The van der Waals surface area contributed by atoms with Crippen molar-refractivity contribution >= 4 is 41.7 Å². The minimum atomic E-state index is -2.92.